The van der Waals surface area contributed by atoms with Crippen LogP contribution in [0.5, 0.6) is 0 Å². The molecule has 0 aliphatic carbocycles. The molecule has 0 unspecified atom stereocenters. The zero-order valence-corrected chi connectivity index (χ0v) is 11.9. The number of nitrogens with two attached hydrogens (primary N) is 1. The normalized spacial score (nSPS) is 14.6. The summed E-state index contributed by atoms with van der Waals surface area (Å²) in [5.74, 6) is -0.758. The van der Waals surface area contributed by atoms with E-state index >= 15 is 0 Å². The molecule has 2 heterocycles. The van der Waals surface area contributed by atoms with Crippen molar-refractivity contribution in [1.29, 1.82) is 0 Å². The lowest BCUT2D eigenvalue weighted by molar-refractivity contribution is -0.133. The molecule has 0 spiro atoms. The predicted molar refractivity (Wildman–Crippen MR) is 73.1 cm³/mol. The van der Waals surface area contributed by atoms with E-state index in [2.05, 4.69) is 5.10 Å². The van der Waals surface area contributed by atoms with E-state index in [0.717, 1.165) is 25.9 Å². The molecule has 1 aromatic rings. The van der Waals surface area contributed by atoms with Crippen LogP contribution in [-0.2, 0) is 16.1 Å². The van der Waals surface area contributed by atoms with Crippen molar-refractivity contribution in [2.75, 3.05) is 25.4 Å². The van der Waals surface area contributed by atoms with Crippen molar-refractivity contribution >= 4 is 17.6 Å². The summed E-state index contributed by atoms with van der Waals surface area (Å²) in [6, 6.07) is 0. The summed E-state index contributed by atoms with van der Waals surface area (Å²) in [6.07, 6.45) is 2.02. The van der Waals surface area contributed by atoms with Gasteiger partial charge in [-0.25, -0.2) is 4.79 Å². The van der Waals surface area contributed by atoms with Crippen LogP contribution in [0.3, 0.4) is 0 Å². The standard InChI is InChI=1S/C13H20N4O3/c1-3-17-12(11(14)9(2)15-17)13(19)20-8-10(18)16-6-4-5-7-16/h3-8,14H2,1-2H3. The fraction of sp³-hybridized carbons (Fsp3) is 0.615. The van der Waals surface area contributed by atoms with Gasteiger partial charge in [-0.1, -0.05) is 0 Å². The number of carbonyl (C=O) groups excluding carboxylic acids is 2. The van der Waals surface area contributed by atoms with Crippen molar-refractivity contribution in [3.05, 3.63) is 11.4 Å². The van der Waals surface area contributed by atoms with Gasteiger partial charge in [-0.05, 0) is 26.7 Å². The lowest BCUT2D eigenvalue weighted by Gasteiger charge is -2.15. The van der Waals surface area contributed by atoms with Gasteiger partial charge in [-0.3, -0.25) is 9.48 Å². The monoisotopic (exact) mass is 280 g/mol. The summed E-state index contributed by atoms with van der Waals surface area (Å²) < 4.78 is 6.56. The highest BCUT2D eigenvalue weighted by Gasteiger charge is 2.23. The molecule has 7 nitrogen and oxygen atoms in total. The second kappa shape index (κ2) is 5.94. The Morgan fingerprint density at radius 1 is 1.35 bits per heavy atom. The van der Waals surface area contributed by atoms with Gasteiger partial charge in [0.2, 0.25) is 0 Å². The quantitative estimate of drug-likeness (QED) is 0.814. The molecule has 7 heteroatoms. The van der Waals surface area contributed by atoms with Gasteiger partial charge in [0, 0.05) is 19.6 Å². The van der Waals surface area contributed by atoms with E-state index in [1.54, 1.807) is 11.8 Å². The molecule has 0 radical (unpaired) electrons. The molecule has 0 bridgehead atoms. The smallest absolute Gasteiger partial charge is 0.359 e. The van der Waals surface area contributed by atoms with Crippen molar-refractivity contribution < 1.29 is 14.3 Å². The topological polar surface area (TPSA) is 90.5 Å². The Morgan fingerprint density at radius 2 is 2.00 bits per heavy atom. The van der Waals surface area contributed by atoms with Gasteiger partial charge >= 0.3 is 5.97 Å². The minimum Gasteiger partial charge on any atom is -0.451 e. The number of hydrogen-bond donors (Lipinski definition) is 1. The maximum Gasteiger partial charge on any atom is 0.359 e. The first-order chi connectivity index (χ1) is 9.54. The van der Waals surface area contributed by atoms with Crippen LogP contribution in [0, 0.1) is 6.92 Å². The fourth-order valence-electron chi connectivity index (χ4n) is 2.29. The molecule has 1 saturated heterocycles. The third kappa shape index (κ3) is 2.76. The van der Waals surface area contributed by atoms with Crippen LogP contribution in [0.25, 0.3) is 0 Å². The summed E-state index contributed by atoms with van der Waals surface area (Å²) in [5, 5.41) is 4.15. The first kappa shape index (κ1) is 14.4. The third-order valence-corrected chi connectivity index (χ3v) is 3.45. The molecule has 1 aromatic heterocycles. The van der Waals surface area contributed by atoms with E-state index in [1.807, 2.05) is 6.92 Å². The molecular weight excluding hydrogens is 260 g/mol. The van der Waals surface area contributed by atoms with Crippen molar-refractivity contribution in [3.63, 3.8) is 0 Å². The average Bonchev–Trinajstić information content (AvgIpc) is 3.05. The van der Waals surface area contributed by atoms with Gasteiger partial charge in [-0.15, -0.1) is 0 Å². The number of likely N-dealkylation sites (tertiary alicyclic amines) is 1. The van der Waals surface area contributed by atoms with Crippen LogP contribution in [-0.4, -0.2) is 46.3 Å². The van der Waals surface area contributed by atoms with Gasteiger partial charge in [0.1, 0.15) is 0 Å². The highest BCUT2D eigenvalue weighted by molar-refractivity contribution is 5.95. The summed E-state index contributed by atoms with van der Waals surface area (Å²) in [5.41, 5.74) is 6.95. The lowest BCUT2D eigenvalue weighted by atomic mass is 10.3. The van der Waals surface area contributed by atoms with Gasteiger partial charge in [0.25, 0.3) is 5.91 Å². The SMILES string of the molecule is CCn1nc(C)c(N)c1C(=O)OCC(=O)N1CCCC1. The van der Waals surface area contributed by atoms with Crippen LogP contribution >= 0.6 is 0 Å². The molecule has 1 aliphatic rings. The molecule has 1 aliphatic heterocycles. The average molecular weight is 280 g/mol. The number of rotatable bonds is 4. The van der Waals surface area contributed by atoms with Crippen LogP contribution in [0.4, 0.5) is 5.69 Å². The highest BCUT2D eigenvalue weighted by atomic mass is 16.5. The number of ether oxygens (including phenoxy) is 1. The number of esters is 1. The van der Waals surface area contributed by atoms with E-state index in [1.165, 1.54) is 4.68 Å². The zero-order chi connectivity index (χ0) is 14.7. The van der Waals surface area contributed by atoms with Crippen molar-refractivity contribution in [3.8, 4) is 0 Å². The second-order valence-corrected chi connectivity index (χ2v) is 4.83. The molecule has 2 N–H and O–H groups in total. The molecule has 20 heavy (non-hydrogen) atoms. The van der Waals surface area contributed by atoms with E-state index in [4.69, 9.17) is 10.5 Å². The predicted octanol–water partition coefficient (Wildman–Crippen LogP) is 0.573. The number of amides is 1. The fourth-order valence-corrected chi connectivity index (χ4v) is 2.29. The van der Waals surface area contributed by atoms with Crippen molar-refractivity contribution in [2.45, 2.75) is 33.2 Å². The Balaban J connectivity index is 1.99. The Morgan fingerprint density at radius 3 is 2.60 bits per heavy atom. The Hall–Kier alpha value is -2.05. The van der Waals surface area contributed by atoms with Crippen LogP contribution in [0.15, 0.2) is 0 Å². The Kier molecular flexibility index (Phi) is 4.26. The Bertz CT molecular complexity index is 518. The van der Waals surface area contributed by atoms with E-state index in [-0.39, 0.29) is 18.2 Å². The third-order valence-electron chi connectivity index (χ3n) is 3.45. The first-order valence-electron chi connectivity index (χ1n) is 6.82. The molecule has 0 saturated carbocycles. The van der Waals surface area contributed by atoms with E-state index in [9.17, 15) is 9.59 Å². The summed E-state index contributed by atoms with van der Waals surface area (Å²) in [7, 11) is 0. The summed E-state index contributed by atoms with van der Waals surface area (Å²) in [4.78, 5) is 25.6. The number of carbonyl (C=O) groups is 2. The maximum absolute atomic E-state index is 12.0. The number of hydrogen-bond acceptors (Lipinski definition) is 5. The van der Waals surface area contributed by atoms with E-state index < -0.39 is 5.97 Å². The van der Waals surface area contributed by atoms with Crippen LogP contribution < -0.4 is 5.73 Å². The molecule has 1 amide bonds. The summed E-state index contributed by atoms with van der Waals surface area (Å²) >= 11 is 0. The van der Waals surface area contributed by atoms with Gasteiger partial charge in [-0.2, -0.15) is 5.10 Å². The van der Waals surface area contributed by atoms with E-state index in [0.29, 0.717) is 17.9 Å². The van der Waals surface area contributed by atoms with Crippen LogP contribution in [0.2, 0.25) is 0 Å². The van der Waals surface area contributed by atoms with Crippen LogP contribution in [0.1, 0.15) is 35.9 Å². The van der Waals surface area contributed by atoms with Gasteiger partial charge in [0.15, 0.2) is 12.3 Å². The number of anilines is 1. The van der Waals surface area contributed by atoms with Crippen molar-refractivity contribution in [1.82, 2.24) is 14.7 Å². The minimum absolute atomic E-state index is 0.159. The largest absolute Gasteiger partial charge is 0.451 e. The number of nitrogens with zero attached hydrogens (tertiary/aromatic N) is 3. The summed E-state index contributed by atoms with van der Waals surface area (Å²) in [6.45, 7) is 5.34. The first-order valence-corrected chi connectivity index (χ1v) is 6.82. The minimum atomic E-state index is -0.600. The molecule has 110 valence electrons. The number of nitrogen functional groups attached to an aromatic ring is 1. The molecule has 0 atom stereocenters. The molecule has 2 rings (SSSR count). The molecule has 0 aromatic carbocycles. The molecular formula is C13H20N4O3. The zero-order valence-electron chi connectivity index (χ0n) is 11.9. The van der Waals surface area contributed by atoms with Gasteiger partial charge in [0.05, 0.1) is 11.4 Å². The second-order valence-electron chi connectivity index (χ2n) is 4.83. The van der Waals surface area contributed by atoms with Gasteiger partial charge < -0.3 is 15.4 Å². The molecule has 1 fully saturated rings. The van der Waals surface area contributed by atoms with Crippen molar-refractivity contribution in [2.24, 2.45) is 0 Å². The maximum atomic E-state index is 12.0. The highest BCUT2D eigenvalue weighted by Crippen LogP contribution is 2.17. The Labute approximate surface area is 117 Å². The number of aryl methyl sites for hydroxylation is 2. The lowest BCUT2D eigenvalue weighted by Crippen LogP contribution is -2.32. The number of aromatic nitrogens is 2.